The molecule has 0 aromatic carbocycles. The lowest BCUT2D eigenvalue weighted by atomic mass is 10.3. The van der Waals surface area contributed by atoms with E-state index >= 15 is 0 Å². The Bertz CT molecular complexity index is 407. The first kappa shape index (κ1) is 10.5. The molecular formula is C12H16N4O. The summed E-state index contributed by atoms with van der Waals surface area (Å²) < 4.78 is 0. The van der Waals surface area contributed by atoms with E-state index in [9.17, 15) is 4.79 Å². The lowest BCUT2D eigenvalue weighted by molar-refractivity contribution is 0.0786. The van der Waals surface area contributed by atoms with Gasteiger partial charge in [-0.15, -0.1) is 10.2 Å². The van der Waals surface area contributed by atoms with Crippen LogP contribution in [0.25, 0.3) is 0 Å². The van der Waals surface area contributed by atoms with Crippen molar-refractivity contribution in [2.75, 3.05) is 18.4 Å². The Labute approximate surface area is 100 Å². The van der Waals surface area contributed by atoms with Gasteiger partial charge in [-0.25, -0.2) is 0 Å². The van der Waals surface area contributed by atoms with Gasteiger partial charge in [0.05, 0.1) is 0 Å². The van der Waals surface area contributed by atoms with E-state index in [0.717, 1.165) is 31.7 Å². The van der Waals surface area contributed by atoms with Gasteiger partial charge in [0, 0.05) is 19.1 Å². The van der Waals surface area contributed by atoms with Crippen LogP contribution in [-0.4, -0.2) is 40.1 Å². The van der Waals surface area contributed by atoms with Crippen molar-refractivity contribution in [3.63, 3.8) is 0 Å². The van der Waals surface area contributed by atoms with Gasteiger partial charge < -0.3 is 10.2 Å². The fraction of sp³-hybridized carbons (Fsp3) is 0.583. The Hall–Kier alpha value is -1.65. The summed E-state index contributed by atoms with van der Waals surface area (Å²) in [4.78, 5) is 13.8. The first-order valence-corrected chi connectivity index (χ1v) is 6.22. The largest absolute Gasteiger partial charge is 0.366 e. The minimum atomic E-state index is 0.00738. The van der Waals surface area contributed by atoms with Crippen LogP contribution in [-0.2, 0) is 0 Å². The molecule has 2 fully saturated rings. The molecule has 0 bridgehead atoms. The number of likely N-dealkylation sites (tertiary alicyclic amines) is 1. The van der Waals surface area contributed by atoms with Crippen molar-refractivity contribution in [3.8, 4) is 0 Å². The summed E-state index contributed by atoms with van der Waals surface area (Å²) in [5.74, 6) is 0.776. The Kier molecular flexibility index (Phi) is 2.66. The number of carbonyl (C=O) groups excluding carboxylic acids is 1. The topological polar surface area (TPSA) is 58.1 Å². The summed E-state index contributed by atoms with van der Waals surface area (Å²) in [6.07, 6.45) is 4.60. The number of aromatic nitrogens is 2. The predicted molar refractivity (Wildman–Crippen MR) is 63.8 cm³/mol. The van der Waals surface area contributed by atoms with Gasteiger partial charge >= 0.3 is 0 Å². The second-order valence-electron chi connectivity index (χ2n) is 4.72. The molecule has 1 amide bonds. The Balaban J connectivity index is 1.67. The molecule has 0 radical (unpaired) electrons. The molecule has 1 N–H and O–H groups in total. The Morgan fingerprint density at radius 1 is 1.24 bits per heavy atom. The number of carbonyl (C=O) groups is 1. The second kappa shape index (κ2) is 4.31. The third kappa shape index (κ3) is 2.38. The van der Waals surface area contributed by atoms with Gasteiger partial charge in [0.2, 0.25) is 0 Å². The summed E-state index contributed by atoms with van der Waals surface area (Å²) in [6, 6.07) is 4.16. The molecule has 0 unspecified atom stereocenters. The van der Waals surface area contributed by atoms with Crippen LogP contribution in [0.15, 0.2) is 12.1 Å². The summed E-state index contributed by atoms with van der Waals surface area (Å²) in [7, 11) is 0. The molecule has 2 aliphatic rings. The van der Waals surface area contributed by atoms with Gasteiger partial charge in [0.15, 0.2) is 5.69 Å². The number of nitrogens with one attached hydrogen (secondary N) is 1. The van der Waals surface area contributed by atoms with Gasteiger partial charge in [0.25, 0.3) is 5.91 Å². The van der Waals surface area contributed by atoms with Crippen molar-refractivity contribution in [1.82, 2.24) is 15.1 Å². The van der Waals surface area contributed by atoms with Crippen molar-refractivity contribution in [1.29, 1.82) is 0 Å². The van der Waals surface area contributed by atoms with Crippen LogP contribution in [0.5, 0.6) is 0 Å². The van der Waals surface area contributed by atoms with E-state index in [1.54, 1.807) is 6.07 Å². The normalized spacial score (nSPS) is 19.4. The number of anilines is 1. The molecule has 3 rings (SSSR count). The predicted octanol–water partition coefficient (Wildman–Crippen LogP) is 1.29. The van der Waals surface area contributed by atoms with Crippen LogP contribution >= 0.6 is 0 Å². The average Bonchev–Trinajstić information content (AvgIpc) is 3.00. The molecule has 90 valence electrons. The Morgan fingerprint density at radius 3 is 2.59 bits per heavy atom. The Morgan fingerprint density at radius 2 is 2.00 bits per heavy atom. The second-order valence-corrected chi connectivity index (χ2v) is 4.72. The highest BCUT2D eigenvalue weighted by molar-refractivity contribution is 5.92. The summed E-state index contributed by atoms with van der Waals surface area (Å²) in [5.41, 5.74) is 0.452. The highest BCUT2D eigenvalue weighted by atomic mass is 16.2. The standard InChI is InChI=1S/C12H16N4O/c17-12(16-7-1-2-8-16)10-5-6-11(15-14-10)13-9-3-4-9/h5-6,9H,1-4,7-8H2,(H,13,15). The molecule has 0 atom stereocenters. The van der Waals surface area contributed by atoms with Crippen LogP contribution in [0.4, 0.5) is 5.82 Å². The smallest absolute Gasteiger partial charge is 0.274 e. The van der Waals surface area contributed by atoms with Crippen LogP contribution in [0.3, 0.4) is 0 Å². The molecule has 1 aliphatic carbocycles. The van der Waals surface area contributed by atoms with E-state index in [-0.39, 0.29) is 5.91 Å². The van der Waals surface area contributed by atoms with Crippen LogP contribution in [0.2, 0.25) is 0 Å². The third-order valence-corrected chi connectivity index (χ3v) is 3.21. The number of rotatable bonds is 3. The van der Waals surface area contributed by atoms with Crippen LogP contribution < -0.4 is 5.32 Å². The van der Waals surface area contributed by atoms with Gasteiger partial charge in [-0.1, -0.05) is 0 Å². The zero-order valence-corrected chi connectivity index (χ0v) is 9.72. The van der Waals surface area contributed by atoms with E-state index in [0.29, 0.717) is 11.7 Å². The molecule has 1 aromatic rings. The number of nitrogens with zero attached hydrogens (tertiary/aromatic N) is 3. The van der Waals surface area contributed by atoms with E-state index in [2.05, 4.69) is 15.5 Å². The van der Waals surface area contributed by atoms with Crippen LogP contribution in [0, 0.1) is 0 Å². The van der Waals surface area contributed by atoms with E-state index in [1.807, 2.05) is 11.0 Å². The van der Waals surface area contributed by atoms with Crippen molar-refractivity contribution < 1.29 is 4.79 Å². The lowest BCUT2D eigenvalue weighted by Gasteiger charge is -2.14. The molecule has 1 aliphatic heterocycles. The van der Waals surface area contributed by atoms with Gasteiger partial charge in [0.1, 0.15) is 5.82 Å². The first-order chi connectivity index (χ1) is 8.33. The maximum Gasteiger partial charge on any atom is 0.274 e. The molecule has 5 heteroatoms. The van der Waals surface area contributed by atoms with Gasteiger partial charge in [-0.2, -0.15) is 0 Å². The monoisotopic (exact) mass is 232 g/mol. The van der Waals surface area contributed by atoms with Crippen LogP contribution in [0.1, 0.15) is 36.2 Å². The van der Waals surface area contributed by atoms with Crippen molar-refractivity contribution in [3.05, 3.63) is 17.8 Å². The summed E-state index contributed by atoms with van der Waals surface area (Å²) in [5, 5.41) is 11.3. The number of hydrogen-bond acceptors (Lipinski definition) is 4. The van der Waals surface area contributed by atoms with E-state index in [1.165, 1.54) is 12.8 Å². The molecule has 5 nitrogen and oxygen atoms in total. The van der Waals surface area contributed by atoms with E-state index < -0.39 is 0 Å². The van der Waals surface area contributed by atoms with Crippen molar-refractivity contribution in [2.45, 2.75) is 31.7 Å². The van der Waals surface area contributed by atoms with E-state index in [4.69, 9.17) is 0 Å². The number of hydrogen-bond donors (Lipinski definition) is 1. The maximum atomic E-state index is 12.0. The first-order valence-electron chi connectivity index (χ1n) is 6.22. The van der Waals surface area contributed by atoms with Crippen molar-refractivity contribution >= 4 is 11.7 Å². The molecule has 1 saturated carbocycles. The average molecular weight is 232 g/mol. The SMILES string of the molecule is O=C(c1ccc(NC2CC2)nn1)N1CCCC1. The fourth-order valence-electron chi connectivity index (χ4n) is 2.04. The third-order valence-electron chi connectivity index (χ3n) is 3.21. The minimum Gasteiger partial charge on any atom is -0.366 e. The molecule has 1 saturated heterocycles. The van der Waals surface area contributed by atoms with Crippen molar-refractivity contribution in [2.24, 2.45) is 0 Å². The fourth-order valence-corrected chi connectivity index (χ4v) is 2.04. The highest BCUT2D eigenvalue weighted by Gasteiger charge is 2.23. The minimum absolute atomic E-state index is 0.00738. The van der Waals surface area contributed by atoms with Gasteiger partial charge in [-0.3, -0.25) is 4.79 Å². The number of amides is 1. The molecule has 0 spiro atoms. The molecule has 1 aromatic heterocycles. The molecular weight excluding hydrogens is 216 g/mol. The summed E-state index contributed by atoms with van der Waals surface area (Å²) >= 11 is 0. The maximum absolute atomic E-state index is 12.0. The zero-order valence-electron chi connectivity index (χ0n) is 9.72. The summed E-state index contributed by atoms with van der Waals surface area (Å²) in [6.45, 7) is 1.70. The quantitative estimate of drug-likeness (QED) is 0.853. The molecule has 17 heavy (non-hydrogen) atoms. The lowest BCUT2D eigenvalue weighted by Crippen LogP contribution is -2.28. The zero-order chi connectivity index (χ0) is 11.7. The van der Waals surface area contributed by atoms with Gasteiger partial charge in [-0.05, 0) is 37.8 Å². The highest BCUT2D eigenvalue weighted by Crippen LogP contribution is 2.23. The molecule has 2 heterocycles.